The van der Waals surface area contributed by atoms with Gasteiger partial charge in [-0.2, -0.15) is 11.3 Å². The van der Waals surface area contributed by atoms with Crippen molar-refractivity contribution in [3.05, 3.63) is 22.4 Å². The van der Waals surface area contributed by atoms with Gasteiger partial charge in [-0.25, -0.2) is 0 Å². The molecule has 0 radical (unpaired) electrons. The van der Waals surface area contributed by atoms with Crippen molar-refractivity contribution < 1.29 is 9.59 Å². The second kappa shape index (κ2) is 5.10. The standard InChI is InChI=1S/C13H18N2O2S/c1-3-13(2)12(17)15(8-11(16)14-13)6-4-10-5-7-18-9-10/h5,7,9H,3-4,6,8H2,1-2H3,(H,14,16). The van der Waals surface area contributed by atoms with Gasteiger partial charge in [-0.3, -0.25) is 9.59 Å². The molecule has 4 nitrogen and oxygen atoms in total. The van der Waals surface area contributed by atoms with E-state index in [1.165, 1.54) is 5.56 Å². The molecule has 0 saturated carbocycles. The van der Waals surface area contributed by atoms with Crippen molar-refractivity contribution in [1.29, 1.82) is 0 Å². The zero-order chi connectivity index (χ0) is 13.2. The highest BCUT2D eigenvalue weighted by atomic mass is 32.1. The van der Waals surface area contributed by atoms with Gasteiger partial charge in [0.25, 0.3) is 0 Å². The number of carbonyl (C=O) groups excluding carboxylic acids is 2. The highest BCUT2D eigenvalue weighted by Gasteiger charge is 2.41. The summed E-state index contributed by atoms with van der Waals surface area (Å²) >= 11 is 1.65. The van der Waals surface area contributed by atoms with E-state index in [2.05, 4.69) is 16.8 Å². The Morgan fingerprint density at radius 3 is 2.89 bits per heavy atom. The molecule has 1 aromatic rings. The summed E-state index contributed by atoms with van der Waals surface area (Å²) in [6.07, 6.45) is 1.43. The molecule has 2 rings (SSSR count). The molecule has 1 aromatic heterocycles. The molecule has 2 amide bonds. The van der Waals surface area contributed by atoms with Crippen LogP contribution in [0.2, 0.25) is 0 Å². The van der Waals surface area contributed by atoms with E-state index >= 15 is 0 Å². The van der Waals surface area contributed by atoms with Gasteiger partial charge in [-0.15, -0.1) is 0 Å². The second-order valence-corrected chi connectivity index (χ2v) is 5.62. The number of rotatable bonds is 4. The third-order valence-corrected chi connectivity index (χ3v) is 4.20. The van der Waals surface area contributed by atoms with E-state index < -0.39 is 5.54 Å². The molecular formula is C13H18N2O2S. The molecule has 1 N–H and O–H groups in total. The maximum Gasteiger partial charge on any atom is 0.248 e. The van der Waals surface area contributed by atoms with Crippen molar-refractivity contribution in [2.24, 2.45) is 0 Å². The van der Waals surface area contributed by atoms with Crippen molar-refractivity contribution in [1.82, 2.24) is 10.2 Å². The summed E-state index contributed by atoms with van der Waals surface area (Å²) in [6, 6.07) is 2.05. The molecule has 1 fully saturated rings. The van der Waals surface area contributed by atoms with E-state index in [1.807, 2.05) is 12.3 Å². The molecule has 5 heteroatoms. The van der Waals surface area contributed by atoms with Crippen molar-refractivity contribution in [3.63, 3.8) is 0 Å². The first-order valence-corrected chi connectivity index (χ1v) is 7.11. The fourth-order valence-electron chi connectivity index (χ4n) is 2.11. The highest BCUT2D eigenvalue weighted by Crippen LogP contribution is 2.18. The Morgan fingerprint density at radius 1 is 1.50 bits per heavy atom. The Kier molecular flexibility index (Phi) is 3.71. The van der Waals surface area contributed by atoms with Crippen LogP contribution in [0.25, 0.3) is 0 Å². The predicted octanol–water partition coefficient (Wildman–Crippen LogP) is 1.42. The van der Waals surface area contributed by atoms with Gasteiger partial charge in [0.05, 0.1) is 6.54 Å². The lowest BCUT2D eigenvalue weighted by Crippen LogP contribution is -2.65. The van der Waals surface area contributed by atoms with Gasteiger partial charge in [0.15, 0.2) is 0 Å². The summed E-state index contributed by atoms with van der Waals surface area (Å²) < 4.78 is 0. The van der Waals surface area contributed by atoms with Crippen LogP contribution in [0.1, 0.15) is 25.8 Å². The zero-order valence-corrected chi connectivity index (χ0v) is 11.5. The van der Waals surface area contributed by atoms with Gasteiger partial charge >= 0.3 is 0 Å². The molecule has 0 aromatic carbocycles. The van der Waals surface area contributed by atoms with Crippen LogP contribution in [0.5, 0.6) is 0 Å². The minimum Gasteiger partial charge on any atom is -0.340 e. The second-order valence-electron chi connectivity index (χ2n) is 4.84. The summed E-state index contributed by atoms with van der Waals surface area (Å²) in [4.78, 5) is 25.6. The topological polar surface area (TPSA) is 49.4 Å². The third-order valence-electron chi connectivity index (χ3n) is 3.47. The summed E-state index contributed by atoms with van der Waals surface area (Å²) in [5.74, 6) is -0.0379. The molecule has 1 aliphatic rings. The first-order valence-electron chi connectivity index (χ1n) is 6.16. The first kappa shape index (κ1) is 13.1. The molecular weight excluding hydrogens is 248 g/mol. The zero-order valence-electron chi connectivity index (χ0n) is 10.7. The summed E-state index contributed by atoms with van der Waals surface area (Å²) in [5, 5.41) is 6.89. The Labute approximate surface area is 111 Å². The molecule has 1 aliphatic heterocycles. The number of piperazine rings is 1. The van der Waals surface area contributed by atoms with Crippen LogP contribution in [0, 0.1) is 0 Å². The predicted molar refractivity (Wildman–Crippen MR) is 71.4 cm³/mol. The third kappa shape index (κ3) is 2.56. The first-order chi connectivity index (χ1) is 8.55. The summed E-state index contributed by atoms with van der Waals surface area (Å²) in [7, 11) is 0. The maximum atomic E-state index is 12.3. The number of nitrogens with zero attached hydrogens (tertiary/aromatic N) is 1. The molecule has 1 saturated heterocycles. The van der Waals surface area contributed by atoms with Gasteiger partial charge in [0, 0.05) is 6.54 Å². The Hall–Kier alpha value is -1.36. The Morgan fingerprint density at radius 2 is 2.28 bits per heavy atom. The van der Waals surface area contributed by atoms with Crippen LogP contribution < -0.4 is 5.32 Å². The van der Waals surface area contributed by atoms with E-state index in [1.54, 1.807) is 23.2 Å². The lowest BCUT2D eigenvalue weighted by molar-refractivity contribution is -0.149. The Balaban J connectivity index is 2.03. The number of carbonyl (C=O) groups is 2. The van der Waals surface area contributed by atoms with Gasteiger partial charge in [-0.05, 0) is 42.2 Å². The van der Waals surface area contributed by atoms with E-state index in [-0.39, 0.29) is 18.4 Å². The van der Waals surface area contributed by atoms with Gasteiger partial charge in [-0.1, -0.05) is 6.92 Å². The molecule has 1 atom stereocenters. The molecule has 18 heavy (non-hydrogen) atoms. The maximum absolute atomic E-state index is 12.3. The van der Waals surface area contributed by atoms with E-state index in [0.717, 1.165) is 6.42 Å². The number of amides is 2. The molecule has 98 valence electrons. The quantitative estimate of drug-likeness (QED) is 0.896. The molecule has 0 bridgehead atoms. The summed E-state index contributed by atoms with van der Waals surface area (Å²) in [5.41, 5.74) is 0.487. The largest absolute Gasteiger partial charge is 0.340 e. The number of thiophene rings is 1. The van der Waals surface area contributed by atoms with Crippen molar-refractivity contribution in [2.75, 3.05) is 13.1 Å². The molecule has 2 heterocycles. The monoisotopic (exact) mass is 266 g/mol. The fourth-order valence-corrected chi connectivity index (χ4v) is 2.82. The molecule has 1 unspecified atom stereocenters. The van der Waals surface area contributed by atoms with Crippen LogP contribution in [-0.2, 0) is 16.0 Å². The minimum absolute atomic E-state index is 0.0276. The smallest absolute Gasteiger partial charge is 0.248 e. The van der Waals surface area contributed by atoms with Crippen LogP contribution in [0.4, 0.5) is 0 Å². The lowest BCUT2D eigenvalue weighted by atomic mass is 9.94. The van der Waals surface area contributed by atoms with Crippen LogP contribution in [0.15, 0.2) is 16.8 Å². The minimum atomic E-state index is -0.732. The summed E-state index contributed by atoms with van der Waals surface area (Å²) in [6.45, 7) is 4.50. The lowest BCUT2D eigenvalue weighted by Gasteiger charge is -2.39. The van der Waals surface area contributed by atoms with Crippen molar-refractivity contribution >= 4 is 23.2 Å². The highest BCUT2D eigenvalue weighted by molar-refractivity contribution is 7.07. The van der Waals surface area contributed by atoms with Crippen molar-refractivity contribution in [3.8, 4) is 0 Å². The normalized spacial score (nSPS) is 24.2. The van der Waals surface area contributed by atoms with Gasteiger partial charge in [0.2, 0.25) is 11.8 Å². The fraction of sp³-hybridized carbons (Fsp3) is 0.538. The number of nitrogens with one attached hydrogen (secondary N) is 1. The van der Waals surface area contributed by atoms with Crippen LogP contribution >= 0.6 is 11.3 Å². The van der Waals surface area contributed by atoms with Crippen molar-refractivity contribution in [2.45, 2.75) is 32.2 Å². The van der Waals surface area contributed by atoms with Gasteiger partial charge in [0.1, 0.15) is 5.54 Å². The average molecular weight is 266 g/mol. The Bertz CT molecular complexity index is 444. The average Bonchev–Trinajstić information content (AvgIpc) is 2.85. The molecule has 0 aliphatic carbocycles. The number of hydrogen-bond acceptors (Lipinski definition) is 3. The van der Waals surface area contributed by atoms with E-state index in [4.69, 9.17) is 0 Å². The van der Waals surface area contributed by atoms with Gasteiger partial charge < -0.3 is 10.2 Å². The van der Waals surface area contributed by atoms with E-state index in [9.17, 15) is 9.59 Å². The molecule has 0 spiro atoms. The SMILES string of the molecule is CCC1(C)NC(=O)CN(CCc2ccsc2)C1=O. The van der Waals surface area contributed by atoms with E-state index in [0.29, 0.717) is 13.0 Å². The number of hydrogen-bond donors (Lipinski definition) is 1. The van der Waals surface area contributed by atoms with Crippen LogP contribution in [0.3, 0.4) is 0 Å². The van der Waals surface area contributed by atoms with Crippen LogP contribution in [-0.4, -0.2) is 35.3 Å².